The molecule has 0 aliphatic rings. The van der Waals surface area contributed by atoms with Crippen LogP contribution in [0.2, 0.25) is 0 Å². The summed E-state index contributed by atoms with van der Waals surface area (Å²) in [6.45, 7) is 0. The molecule has 0 spiro atoms. The minimum Gasteiger partial charge on any atom is -0.506 e. The van der Waals surface area contributed by atoms with Gasteiger partial charge in [-0.15, -0.1) is 10.2 Å². The maximum atomic E-state index is 9.41. The molecule has 0 saturated carbocycles. The average Bonchev–Trinajstić information content (AvgIpc) is 2.57. The zero-order chi connectivity index (χ0) is 10.1. The number of nitrogens with zero attached hydrogens (tertiary/aromatic N) is 3. The Labute approximate surface area is 80.8 Å². The van der Waals surface area contributed by atoms with Crippen LogP contribution in [-0.4, -0.2) is 19.9 Å². The molecule has 0 atom stereocenters. The van der Waals surface area contributed by atoms with Crippen LogP contribution in [0.3, 0.4) is 0 Å². The third kappa shape index (κ3) is 1.28. The molecule has 5 heteroatoms. The van der Waals surface area contributed by atoms with Crippen LogP contribution in [-0.2, 0) is 7.05 Å². The molecule has 1 aromatic carbocycles. The van der Waals surface area contributed by atoms with Gasteiger partial charge in [0.25, 0.3) is 0 Å². The highest BCUT2D eigenvalue weighted by atomic mass is 16.3. The Morgan fingerprint density at radius 2 is 2.21 bits per heavy atom. The number of hydrogen-bond donors (Lipinski definition) is 2. The maximum absolute atomic E-state index is 9.41. The topological polar surface area (TPSA) is 77.0 Å². The predicted molar refractivity (Wildman–Crippen MR) is 52.5 cm³/mol. The number of hydrogen-bond acceptors (Lipinski definition) is 4. The molecule has 0 saturated heterocycles. The number of phenolic OH excluding ortho intramolecular Hbond substituents is 1. The molecular formula is C9H10N4O. The summed E-state index contributed by atoms with van der Waals surface area (Å²) in [5.41, 5.74) is 6.63. The van der Waals surface area contributed by atoms with Crippen LogP contribution in [0.5, 0.6) is 5.75 Å². The SMILES string of the molecule is Cn1cnnc1-c1ccc(N)c(O)c1. The van der Waals surface area contributed by atoms with Gasteiger partial charge < -0.3 is 15.4 Å². The number of nitrogen functional groups attached to an aromatic ring is 1. The Morgan fingerprint density at radius 1 is 1.43 bits per heavy atom. The smallest absolute Gasteiger partial charge is 0.163 e. The van der Waals surface area contributed by atoms with E-state index in [9.17, 15) is 5.11 Å². The predicted octanol–water partition coefficient (Wildman–Crippen LogP) is 0.770. The zero-order valence-electron chi connectivity index (χ0n) is 7.68. The monoisotopic (exact) mass is 190 g/mol. The molecule has 0 aliphatic heterocycles. The van der Waals surface area contributed by atoms with E-state index in [0.29, 0.717) is 11.5 Å². The lowest BCUT2D eigenvalue weighted by Crippen LogP contribution is -1.92. The van der Waals surface area contributed by atoms with Crippen LogP contribution >= 0.6 is 0 Å². The molecule has 0 fully saturated rings. The van der Waals surface area contributed by atoms with Crippen molar-refractivity contribution in [2.75, 3.05) is 5.73 Å². The van der Waals surface area contributed by atoms with Crippen molar-refractivity contribution in [1.82, 2.24) is 14.8 Å². The first-order valence-electron chi connectivity index (χ1n) is 4.11. The van der Waals surface area contributed by atoms with E-state index in [0.717, 1.165) is 5.56 Å². The van der Waals surface area contributed by atoms with Crippen LogP contribution in [0.1, 0.15) is 0 Å². The molecule has 1 aromatic heterocycles. The molecule has 0 unspecified atom stereocenters. The van der Waals surface area contributed by atoms with Gasteiger partial charge in [0, 0.05) is 12.6 Å². The average molecular weight is 190 g/mol. The second-order valence-corrected chi connectivity index (χ2v) is 3.04. The van der Waals surface area contributed by atoms with E-state index in [1.807, 2.05) is 7.05 Å². The molecule has 5 nitrogen and oxygen atoms in total. The van der Waals surface area contributed by atoms with Crippen LogP contribution in [0.4, 0.5) is 5.69 Å². The fraction of sp³-hybridized carbons (Fsp3) is 0.111. The van der Waals surface area contributed by atoms with Crippen molar-refractivity contribution >= 4 is 5.69 Å². The van der Waals surface area contributed by atoms with Crippen molar-refractivity contribution in [2.24, 2.45) is 7.05 Å². The molecule has 14 heavy (non-hydrogen) atoms. The fourth-order valence-corrected chi connectivity index (χ4v) is 1.23. The fourth-order valence-electron chi connectivity index (χ4n) is 1.23. The van der Waals surface area contributed by atoms with Crippen molar-refractivity contribution in [2.45, 2.75) is 0 Å². The highest BCUT2D eigenvalue weighted by molar-refractivity contribution is 5.64. The lowest BCUT2D eigenvalue weighted by atomic mass is 10.2. The van der Waals surface area contributed by atoms with Gasteiger partial charge in [-0.2, -0.15) is 0 Å². The molecule has 3 N–H and O–H groups in total. The quantitative estimate of drug-likeness (QED) is 0.514. The summed E-state index contributed by atoms with van der Waals surface area (Å²) in [4.78, 5) is 0. The minimum absolute atomic E-state index is 0.0606. The minimum atomic E-state index is 0.0606. The van der Waals surface area contributed by atoms with Gasteiger partial charge in [0.15, 0.2) is 5.82 Å². The van der Waals surface area contributed by atoms with E-state index in [1.165, 1.54) is 0 Å². The van der Waals surface area contributed by atoms with Gasteiger partial charge >= 0.3 is 0 Å². The molecule has 2 aromatic rings. The Bertz CT molecular complexity index is 464. The largest absolute Gasteiger partial charge is 0.506 e. The lowest BCUT2D eigenvalue weighted by Gasteiger charge is -2.02. The molecule has 2 rings (SSSR count). The van der Waals surface area contributed by atoms with Crippen LogP contribution in [0, 0.1) is 0 Å². The normalized spacial score (nSPS) is 10.4. The van der Waals surface area contributed by atoms with Crippen LogP contribution < -0.4 is 5.73 Å². The summed E-state index contributed by atoms with van der Waals surface area (Å²) in [7, 11) is 1.84. The number of aryl methyl sites for hydroxylation is 1. The second-order valence-electron chi connectivity index (χ2n) is 3.04. The van der Waals surface area contributed by atoms with Crippen molar-refractivity contribution in [3.05, 3.63) is 24.5 Å². The third-order valence-electron chi connectivity index (χ3n) is 2.00. The van der Waals surface area contributed by atoms with Gasteiger partial charge in [-0.3, -0.25) is 0 Å². The van der Waals surface area contributed by atoms with Gasteiger partial charge in [0.1, 0.15) is 12.1 Å². The number of anilines is 1. The van der Waals surface area contributed by atoms with E-state index in [2.05, 4.69) is 10.2 Å². The second kappa shape index (κ2) is 3.02. The van der Waals surface area contributed by atoms with Crippen molar-refractivity contribution < 1.29 is 5.11 Å². The van der Waals surface area contributed by atoms with Gasteiger partial charge in [-0.1, -0.05) is 0 Å². The summed E-state index contributed by atoms with van der Waals surface area (Å²) in [6, 6.07) is 5.00. The summed E-state index contributed by atoms with van der Waals surface area (Å²) in [5.74, 6) is 0.755. The van der Waals surface area contributed by atoms with Crippen molar-refractivity contribution in [3.8, 4) is 17.1 Å². The van der Waals surface area contributed by atoms with Gasteiger partial charge in [0.05, 0.1) is 5.69 Å². The number of benzene rings is 1. The summed E-state index contributed by atoms with van der Waals surface area (Å²) >= 11 is 0. The van der Waals surface area contributed by atoms with Gasteiger partial charge in [-0.25, -0.2) is 0 Å². The Hall–Kier alpha value is -2.04. The number of rotatable bonds is 1. The van der Waals surface area contributed by atoms with E-state index in [1.54, 1.807) is 29.1 Å². The summed E-state index contributed by atoms with van der Waals surface area (Å²) in [5, 5.41) is 17.1. The Morgan fingerprint density at radius 3 is 2.79 bits per heavy atom. The number of aromatic hydroxyl groups is 1. The van der Waals surface area contributed by atoms with E-state index < -0.39 is 0 Å². The van der Waals surface area contributed by atoms with E-state index >= 15 is 0 Å². The van der Waals surface area contributed by atoms with Crippen molar-refractivity contribution in [3.63, 3.8) is 0 Å². The third-order valence-corrected chi connectivity index (χ3v) is 2.00. The molecule has 72 valence electrons. The summed E-state index contributed by atoms with van der Waals surface area (Å²) < 4.78 is 1.77. The first kappa shape index (κ1) is 8.55. The summed E-state index contributed by atoms with van der Waals surface area (Å²) in [6.07, 6.45) is 1.60. The van der Waals surface area contributed by atoms with Gasteiger partial charge in [-0.05, 0) is 18.2 Å². The maximum Gasteiger partial charge on any atom is 0.163 e. The molecule has 0 aliphatic carbocycles. The Kier molecular flexibility index (Phi) is 1.85. The molecular weight excluding hydrogens is 180 g/mol. The zero-order valence-corrected chi connectivity index (χ0v) is 7.68. The molecule has 0 bridgehead atoms. The highest BCUT2D eigenvalue weighted by Crippen LogP contribution is 2.25. The standard InChI is InChI=1S/C9H10N4O/c1-13-5-11-12-9(13)6-2-3-7(10)8(14)4-6/h2-5,14H,10H2,1H3. The van der Waals surface area contributed by atoms with Crippen molar-refractivity contribution in [1.29, 1.82) is 0 Å². The highest BCUT2D eigenvalue weighted by Gasteiger charge is 2.06. The Balaban J connectivity index is 2.53. The number of aromatic nitrogens is 3. The lowest BCUT2D eigenvalue weighted by molar-refractivity contribution is 0.478. The first-order valence-corrected chi connectivity index (χ1v) is 4.11. The molecule has 0 radical (unpaired) electrons. The number of phenols is 1. The number of nitrogens with two attached hydrogens (primary N) is 1. The molecule has 1 heterocycles. The first-order chi connectivity index (χ1) is 6.68. The van der Waals surface area contributed by atoms with E-state index in [4.69, 9.17) is 5.73 Å². The van der Waals surface area contributed by atoms with E-state index in [-0.39, 0.29) is 5.75 Å². The van der Waals surface area contributed by atoms with Crippen LogP contribution in [0.15, 0.2) is 24.5 Å². The van der Waals surface area contributed by atoms with Gasteiger partial charge in [0.2, 0.25) is 0 Å². The van der Waals surface area contributed by atoms with Crippen LogP contribution in [0.25, 0.3) is 11.4 Å². The molecule has 0 amide bonds.